The second kappa shape index (κ2) is 8.72. The third-order valence-corrected chi connectivity index (χ3v) is 6.36. The smallest absolute Gasteiger partial charge is 0.225 e. The minimum atomic E-state index is 0. The number of carbonyl (C=O) groups is 2. The second-order valence-electron chi connectivity index (χ2n) is 8.47. The zero-order valence-corrected chi connectivity index (χ0v) is 16.4. The fourth-order valence-electron chi connectivity index (χ4n) is 5.03. The number of carbonyl (C=O) groups excluding carboxylic acids is 2. The minimum absolute atomic E-state index is 0. The molecule has 1 aliphatic heterocycles. The Morgan fingerprint density at radius 2 is 1.60 bits per heavy atom. The van der Waals surface area contributed by atoms with Crippen LogP contribution in [0.5, 0.6) is 0 Å². The van der Waals surface area contributed by atoms with Gasteiger partial charge in [0, 0.05) is 37.0 Å². The van der Waals surface area contributed by atoms with Crippen molar-refractivity contribution in [2.75, 3.05) is 13.1 Å². The number of amides is 2. The summed E-state index contributed by atoms with van der Waals surface area (Å²) in [5.41, 5.74) is 6.18. The molecule has 3 fully saturated rings. The van der Waals surface area contributed by atoms with Gasteiger partial charge in [0.05, 0.1) is 0 Å². The predicted molar refractivity (Wildman–Crippen MR) is 101 cm³/mol. The molecule has 2 saturated carbocycles. The van der Waals surface area contributed by atoms with E-state index in [1.165, 1.54) is 19.3 Å². The molecule has 144 valence electrons. The maximum Gasteiger partial charge on any atom is 0.225 e. The fraction of sp³-hybridized carbons (Fsp3) is 0.895. The number of hydrogen-bond donors (Lipinski definition) is 2. The van der Waals surface area contributed by atoms with Gasteiger partial charge < -0.3 is 16.0 Å². The van der Waals surface area contributed by atoms with Crippen molar-refractivity contribution in [1.82, 2.24) is 10.2 Å². The average molecular weight is 372 g/mol. The van der Waals surface area contributed by atoms with E-state index in [-0.39, 0.29) is 36.1 Å². The third-order valence-electron chi connectivity index (χ3n) is 6.36. The highest BCUT2D eigenvalue weighted by Crippen LogP contribution is 2.40. The summed E-state index contributed by atoms with van der Waals surface area (Å²) in [5.74, 6) is 1.67. The summed E-state index contributed by atoms with van der Waals surface area (Å²) in [6.45, 7) is 5.32. The summed E-state index contributed by atoms with van der Waals surface area (Å²) < 4.78 is 0. The van der Waals surface area contributed by atoms with E-state index in [0.717, 1.165) is 38.8 Å². The van der Waals surface area contributed by atoms with Crippen LogP contribution in [0.4, 0.5) is 0 Å². The Morgan fingerprint density at radius 1 is 1.04 bits per heavy atom. The highest BCUT2D eigenvalue weighted by molar-refractivity contribution is 5.85. The van der Waals surface area contributed by atoms with Gasteiger partial charge in [-0.25, -0.2) is 0 Å². The molecule has 3 aliphatic rings. The van der Waals surface area contributed by atoms with Crippen molar-refractivity contribution in [3.8, 4) is 0 Å². The van der Waals surface area contributed by atoms with Gasteiger partial charge in [0.1, 0.15) is 0 Å². The Balaban J connectivity index is 0.00000225. The van der Waals surface area contributed by atoms with Crippen LogP contribution >= 0.6 is 12.4 Å². The van der Waals surface area contributed by atoms with Gasteiger partial charge in [0.25, 0.3) is 0 Å². The van der Waals surface area contributed by atoms with E-state index < -0.39 is 0 Å². The van der Waals surface area contributed by atoms with E-state index in [1.807, 2.05) is 18.7 Å². The van der Waals surface area contributed by atoms with Gasteiger partial charge in [-0.2, -0.15) is 0 Å². The van der Waals surface area contributed by atoms with Crippen LogP contribution in [0.1, 0.15) is 58.8 Å². The summed E-state index contributed by atoms with van der Waals surface area (Å²) in [6.07, 6.45) is 7.40. The van der Waals surface area contributed by atoms with E-state index in [1.54, 1.807) is 0 Å². The lowest BCUT2D eigenvalue weighted by atomic mass is 9.67. The fourth-order valence-corrected chi connectivity index (χ4v) is 5.03. The number of halogens is 1. The van der Waals surface area contributed by atoms with E-state index in [2.05, 4.69) is 5.32 Å². The van der Waals surface area contributed by atoms with Crippen LogP contribution < -0.4 is 11.1 Å². The first-order chi connectivity index (χ1) is 11.5. The molecule has 3 N–H and O–H groups in total. The minimum Gasteiger partial charge on any atom is -0.353 e. The summed E-state index contributed by atoms with van der Waals surface area (Å²) in [6, 6.07) is 0.653. The predicted octanol–water partition coefficient (Wildman–Crippen LogP) is 2.32. The van der Waals surface area contributed by atoms with Crippen molar-refractivity contribution in [3.05, 3.63) is 0 Å². The van der Waals surface area contributed by atoms with Crippen molar-refractivity contribution in [2.45, 2.75) is 70.9 Å². The molecule has 5 nitrogen and oxygen atoms in total. The van der Waals surface area contributed by atoms with E-state index >= 15 is 0 Å². The molecule has 2 bridgehead atoms. The van der Waals surface area contributed by atoms with Gasteiger partial charge in [-0.1, -0.05) is 20.3 Å². The molecular weight excluding hydrogens is 338 g/mol. The number of piperidine rings is 1. The first-order valence-corrected chi connectivity index (χ1v) is 9.80. The second-order valence-corrected chi connectivity index (χ2v) is 8.47. The Labute approximate surface area is 157 Å². The topological polar surface area (TPSA) is 75.4 Å². The van der Waals surface area contributed by atoms with Gasteiger partial charge in [0.2, 0.25) is 11.8 Å². The van der Waals surface area contributed by atoms with E-state index in [0.29, 0.717) is 23.9 Å². The van der Waals surface area contributed by atoms with Crippen molar-refractivity contribution in [3.63, 3.8) is 0 Å². The van der Waals surface area contributed by atoms with Crippen LogP contribution in [0.2, 0.25) is 0 Å². The number of nitrogens with one attached hydrogen (secondary N) is 1. The van der Waals surface area contributed by atoms with Gasteiger partial charge >= 0.3 is 0 Å². The van der Waals surface area contributed by atoms with Crippen molar-refractivity contribution < 1.29 is 9.59 Å². The standard InChI is InChI=1S/C19H33N3O2.ClH/c1-12(2)19(24)22-8-6-13(7-9-22)18(23)21-17-14-4-3-5-15(17)11-16(20)10-14;/h12-17H,3-11,20H2,1-2H3,(H,21,23);1H. The molecule has 1 saturated heterocycles. The van der Waals surface area contributed by atoms with Crippen LogP contribution in [0, 0.1) is 23.7 Å². The number of nitrogens with two attached hydrogens (primary N) is 1. The molecule has 2 unspecified atom stereocenters. The molecule has 1 heterocycles. The molecule has 25 heavy (non-hydrogen) atoms. The van der Waals surface area contributed by atoms with E-state index in [4.69, 9.17) is 5.73 Å². The molecule has 0 radical (unpaired) electrons. The number of rotatable bonds is 3. The number of hydrogen-bond acceptors (Lipinski definition) is 3. The SMILES string of the molecule is CC(C)C(=O)N1CCC(C(=O)NC2C3CCCC2CC(N)C3)CC1.Cl. The summed E-state index contributed by atoms with van der Waals surface area (Å²) in [5, 5.41) is 3.38. The van der Waals surface area contributed by atoms with Gasteiger partial charge in [0.15, 0.2) is 0 Å². The zero-order chi connectivity index (χ0) is 17.3. The van der Waals surface area contributed by atoms with E-state index in [9.17, 15) is 9.59 Å². The number of fused-ring (bicyclic) bond motifs is 2. The van der Waals surface area contributed by atoms with Gasteiger partial charge in [-0.15, -0.1) is 12.4 Å². The number of likely N-dealkylation sites (tertiary alicyclic amines) is 1. The normalized spacial score (nSPS) is 32.9. The highest BCUT2D eigenvalue weighted by atomic mass is 35.5. The maximum atomic E-state index is 12.7. The zero-order valence-electron chi connectivity index (χ0n) is 15.6. The molecule has 6 heteroatoms. The third kappa shape index (κ3) is 4.68. The van der Waals surface area contributed by atoms with Crippen LogP contribution in [0.3, 0.4) is 0 Å². The first kappa shape index (κ1) is 20.5. The summed E-state index contributed by atoms with van der Waals surface area (Å²) in [4.78, 5) is 26.7. The Bertz CT molecular complexity index is 463. The summed E-state index contributed by atoms with van der Waals surface area (Å²) in [7, 11) is 0. The largest absolute Gasteiger partial charge is 0.353 e. The van der Waals surface area contributed by atoms with Crippen LogP contribution in [0.15, 0.2) is 0 Å². The van der Waals surface area contributed by atoms with Crippen molar-refractivity contribution in [2.24, 2.45) is 29.4 Å². The van der Waals surface area contributed by atoms with Gasteiger partial charge in [-0.3, -0.25) is 9.59 Å². The molecule has 0 aromatic rings. The average Bonchev–Trinajstić information content (AvgIpc) is 2.55. The molecule has 3 rings (SSSR count). The van der Waals surface area contributed by atoms with Gasteiger partial charge in [-0.05, 0) is 50.4 Å². The lowest BCUT2D eigenvalue weighted by Gasteiger charge is -2.45. The van der Waals surface area contributed by atoms with Crippen LogP contribution in [0.25, 0.3) is 0 Å². The van der Waals surface area contributed by atoms with Crippen molar-refractivity contribution in [1.29, 1.82) is 0 Å². The Kier molecular flexibility index (Phi) is 7.15. The molecule has 0 aromatic carbocycles. The molecular formula is C19H34ClN3O2. The molecule has 2 amide bonds. The lowest BCUT2D eigenvalue weighted by Crippen LogP contribution is -2.55. The summed E-state index contributed by atoms with van der Waals surface area (Å²) >= 11 is 0. The molecule has 0 spiro atoms. The first-order valence-electron chi connectivity index (χ1n) is 9.80. The quantitative estimate of drug-likeness (QED) is 0.799. The Morgan fingerprint density at radius 3 is 2.12 bits per heavy atom. The monoisotopic (exact) mass is 371 g/mol. The number of nitrogens with zero attached hydrogens (tertiary/aromatic N) is 1. The Hall–Kier alpha value is -0.810. The lowest BCUT2D eigenvalue weighted by molar-refractivity contribution is -0.138. The highest BCUT2D eigenvalue weighted by Gasteiger charge is 2.41. The van der Waals surface area contributed by atoms with Crippen molar-refractivity contribution >= 4 is 24.2 Å². The van der Waals surface area contributed by atoms with Crippen LogP contribution in [-0.4, -0.2) is 41.9 Å². The molecule has 2 aliphatic carbocycles. The van der Waals surface area contributed by atoms with Crippen LogP contribution in [-0.2, 0) is 9.59 Å². The maximum absolute atomic E-state index is 12.7. The molecule has 0 aromatic heterocycles. The molecule has 2 atom stereocenters.